The van der Waals surface area contributed by atoms with Crippen LogP contribution in [0.2, 0.25) is 0 Å². The van der Waals surface area contributed by atoms with Crippen LogP contribution < -0.4 is 4.74 Å². The highest BCUT2D eigenvalue weighted by Crippen LogP contribution is 2.36. The number of benzene rings is 1. The summed E-state index contributed by atoms with van der Waals surface area (Å²) in [5, 5.41) is 9.97. The Morgan fingerprint density at radius 2 is 2.35 bits per heavy atom. The van der Waals surface area contributed by atoms with E-state index in [1.807, 2.05) is 0 Å². The molecule has 0 saturated heterocycles. The Morgan fingerprint density at radius 1 is 1.53 bits per heavy atom. The Bertz CT molecular complexity index is 384. The minimum absolute atomic E-state index is 0.00597. The van der Waals surface area contributed by atoms with Gasteiger partial charge in [-0.15, -0.1) is 0 Å². The van der Waals surface area contributed by atoms with Crippen LogP contribution in [0.15, 0.2) is 18.2 Å². The fourth-order valence-electron chi connectivity index (χ4n) is 2.12. The molecular formula is C13H17FO2S. The van der Waals surface area contributed by atoms with Gasteiger partial charge < -0.3 is 9.84 Å². The number of hydrogen-bond donors (Lipinski definition) is 1. The van der Waals surface area contributed by atoms with Gasteiger partial charge in [0.1, 0.15) is 17.7 Å². The SMILES string of the molecule is CSCCCC1C[C@H](O)c2ccc(F)cc2O1. The summed E-state index contributed by atoms with van der Waals surface area (Å²) in [5.74, 6) is 1.27. The summed E-state index contributed by atoms with van der Waals surface area (Å²) >= 11 is 1.80. The molecule has 1 aromatic rings. The van der Waals surface area contributed by atoms with Crippen LogP contribution in [0.4, 0.5) is 4.39 Å². The molecule has 0 aromatic heterocycles. The number of aliphatic hydroxyl groups excluding tert-OH is 1. The molecule has 1 unspecified atom stereocenters. The van der Waals surface area contributed by atoms with Gasteiger partial charge in [0.2, 0.25) is 0 Å². The highest BCUT2D eigenvalue weighted by Gasteiger charge is 2.26. The number of ether oxygens (including phenoxy) is 1. The summed E-state index contributed by atoms with van der Waals surface area (Å²) in [4.78, 5) is 0. The third-order valence-electron chi connectivity index (χ3n) is 2.99. The molecule has 1 aliphatic rings. The molecule has 1 N–H and O–H groups in total. The van der Waals surface area contributed by atoms with E-state index in [0.717, 1.165) is 18.6 Å². The molecule has 2 rings (SSSR count). The third kappa shape index (κ3) is 3.13. The Balaban J connectivity index is 2.04. The van der Waals surface area contributed by atoms with Crippen LogP contribution in [0.3, 0.4) is 0 Å². The molecule has 0 aliphatic carbocycles. The van der Waals surface area contributed by atoms with Gasteiger partial charge in [-0.25, -0.2) is 4.39 Å². The van der Waals surface area contributed by atoms with Gasteiger partial charge in [-0.1, -0.05) is 0 Å². The quantitative estimate of drug-likeness (QED) is 0.839. The van der Waals surface area contributed by atoms with Crippen LogP contribution in [-0.4, -0.2) is 23.2 Å². The van der Waals surface area contributed by atoms with Gasteiger partial charge in [0.05, 0.1) is 6.10 Å². The average Bonchev–Trinajstić information content (AvgIpc) is 2.28. The van der Waals surface area contributed by atoms with Crippen molar-refractivity contribution < 1.29 is 14.2 Å². The van der Waals surface area contributed by atoms with Crippen LogP contribution in [0.25, 0.3) is 0 Å². The van der Waals surface area contributed by atoms with Crippen LogP contribution in [0, 0.1) is 5.82 Å². The lowest BCUT2D eigenvalue weighted by Crippen LogP contribution is -2.25. The van der Waals surface area contributed by atoms with Crippen molar-refractivity contribution in [2.45, 2.75) is 31.5 Å². The number of halogens is 1. The maximum absolute atomic E-state index is 13.1. The van der Waals surface area contributed by atoms with Gasteiger partial charge in [-0.2, -0.15) is 11.8 Å². The molecule has 1 aromatic carbocycles. The van der Waals surface area contributed by atoms with Crippen molar-refractivity contribution in [1.29, 1.82) is 0 Å². The smallest absolute Gasteiger partial charge is 0.128 e. The number of thioether (sulfide) groups is 1. The molecular weight excluding hydrogens is 239 g/mol. The van der Waals surface area contributed by atoms with Gasteiger partial charge in [0.25, 0.3) is 0 Å². The van der Waals surface area contributed by atoms with Crippen molar-refractivity contribution in [3.05, 3.63) is 29.6 Å². The molecule has 0 saturated carbocycles. The molecule has 1 heterocycles. The van der Waals surface area contributed by atoms with Gasteiger partial charge in [0, 0.05) is 18.1 Å². The van der Waals surface area contributed by atoms with Crippen LogP contribution >= 0.6 is 11.8 Å². The summed E-state index contributed by atoms with van der Waals surface area (Å²) in [7, 11) is 0. The molecule has 0 fully saturated rings. The second kappa shape index (κ2) is 5.74. The molecule has 0 spiro atoms. The summed E-state index contributed by atoms with van der Waals surface area (Å²) in [6, 6.07) is 4.33. The Morgan fingerprint density at radius 3 is 3.12 bits per heavy atom. The molecule has 17 heavy (non-hydrogen) atoms. The van der Waals surface area contributed by atoms with E-state index in [4.69, 9.17) is 4.74 Å². The van der Waals surface area contributed by atoms with Gasteiger partial charge in [0.15, 0.2) is 0 Å². The molecule has 0 amide bonds. The van der Waals surface area contributed by atoms with Crippen molar-refractivity contribution in [2.24, 2.45) is 0 Å². The van der Waals surface area contributed by atoms with E-state index >= 15 is 0 Å². The zero-order valence-electron chi connectivity index (χ0n) is 9.86. The highest BCUT2D eigenvalue weighted by atomic mass is 32.2. The van der Waals surface area contributed by atoms with Crippen molar-refractivity contribution in [3.63, 3.8) is 0 Å². The first-order valence-corrected chi connectivity index (χ1v) is 7.23. The van der Waals surface area contributed by atoms with Gasteiger partial charge in [-0.05, 0) is 37.0 Å². The molecule has 2 atom stereocenters. The van der Waals surface area contributed by atoms with E-state index in [2.05, 4.69) is 6.26 Å². The van der Waals surface area contributed by atoms with Gasteiger partial charge >= 0.3 is 0 Å². The third-order valence-corrected chi connectivity index (χ3v) is 3.69. The first-order valence-electron chi connectivity index (χ1n) is 5.84. The van der Waals surface area contributed by atoms with Crippen molar-refractivity contribution >= 4 is 11.8 Å². The molecule has 4 heteroatoms. The zero-order valence-corrected chi connectivity index (χ0v) is 10.7. The van der Waals surface area contributed by atoms with Crippen molar-refractivity contribution in [1.82, 2.24) is 0 Å². The summed E-state index contributed by atoms with van der Waals surface area (Å²) in [6.45, 7) is 0. The summed E-state index contributed by atoms with van der Waals surface area (Å²) in [5.41, 5.74) is 0.701. The molecule has 1 aliphatic heterocycles. The molecule has 0 radical (unpaired) electrons. The average molecular weight is 256 g/mol. The second-order valence-electron chi connectivity index (χ2n) is 4.31. The topological polar surface area (TPSA) is 29.5 Å². The lowest BCUT2D eigenvalue weighted by atomic mass is 9.97. The second-order valence-corrected chi connectivity index (χ2v) is 5.29. The Labute approximate surface area is 105 Å². The fraction of sp³-hybridized carbons (Fsp3) is 0.538. The number of fused-ring (bicyclic) bond motifs is 1. The van der Waals surface area contributed by atoms with Gasteiger partial charge in [-0.3, -0.25) is 0 Å². The predicted octanol–water partition coefficient (Wildman–Crippen LogP) is 3.15. The van der Waals surface area contributed by atoms with Crippen LogP contribution in [-0.2, 0) is 0 Å². The van der Waals surface area contributed by atoms with E-state index in [1.165, 1.54) is 12.1 Å². The minimum atomic E-state index is -0.529. The lowest BCUT2D eigenvalue weighted by Gasteiger charge is -2.29. The highest BCUT2D eigenvalue weighted by molar-refractivity contribution is 7.98. The van der Waals surface area contributed by atoms with E-state index in [9.17, 15) is 9.50 Å². The zero-order chi connectivity index (χ0) is 12.3. The lowest BCUT2D eigenvalue weighted by molar-refractivity contribution is 0.0613. The van der Waals surface area contributed by atoms with Crippen molar-refractivity contribution in [2.75, 3.05) is 12.0 Å². The number of aliphatic hydroxyl groups is 1. The summed E-state index contributed by atoms with van der Waals surface area (Å²) in [6.07, 6.45) is 4.12. The first kappa shape index (κ1) is 12.7. The minimum Gasteiger partial charge on any atom is -0.490 e. The van der Waals surface area contributed by atoms with E-state index in [0.29, 0.717) is 17.7 Å². The standard InChI is InChI=1S/C13H17FO2S/c1-17-6-2-3-10-8-12(15)11-5-4-9(14)7-13(11)16-10/h4-5,7,10,12,15H,2-3,6,8H2,1H3/t10?,12-/m0/s1. The van der Waals surface area contributed by atoms with Crippen LogP contribution in [0.5, 0.6) is 5.75 Å². The van der Waals surface area contributed by atoms with Crippen molar-refractivity contribution in [3.8, 4) is 5.75 Å². The predicted molar refractivity (Wildman–Crippen MR) is 68.0 cm³/mol. The first-order chi connectivity index (χ1) is 8.20. The molecule has 2 nitrogen and oxygen atoms in total. The largest absolute Gasteiger partial charge is 0.490 e. The molecule has 0 bridgehead atoms. The van der Waals surface area contributed by atoms with E-state index in [-0.39, 0.29) is 11.9 Å². The Kier molecular flexibility index (Phi) is 4.29. The number of rotatable bonds is 4. The van der Waals surface area contributed by atoms with Crippen LogP contribution in [0.1, 0.15) is 30.9 Å². The Hall–Kier alpha value is -0.740. The maximum atomic E-state index is 13.1. The van der Waals surface area contributed by atoms with E-state index < -0.39 is 6.10 Å². The number of hydrogen-bond acceptors (Lipinski definition) is 3. The maximum Gasteiger partial charge on any atom is 0.128 e. The summed E-state index contributed by atoms with van der Waals surface area (Å²) < 4.78 is 18.8. The van der Waals surface area contributed by atoms with E-state index in [1.54, 1.807) is 17.8 Å². The normalized spacial score (nSPS) is 23.0. The molecule has 94 valence electrons. The fourth-order valence-corrected chi connectivity index (χ4v) is 2.58. The monoisotopic (exact) mass is 256 g/mol.